The SMILES string of the molecule is CNC(=S)N(C)C1CCC(C)CC1. The molecule has 0 aromatic rings. The van der Waals surface area contributed by atoms with Crippen LogP contribution in [0.4, 0.5) is 0 Å². The lowest BCUT2D eigenvalue weighted by molar-refractivity contribution is 0.238. The van der Waals surface area contributed by atoms with Crippen LogP contribution in [0, 0.1) is 5.92 Å². The molecule has 0 aliphatic heterocycles. The van der Waals surface area contributed by atoms with Crippen molar-refractivity contribution in [1.29, 1.82) is 0 Å². The van der Waals surface area contributed by atoms with Crippen LogP contribution < -0.4 is 5.32 Å². The van der Waals surface area contributed by atoms with Crippen molar-refractivity contribution in [3.05, 3.63) is 0 Å². The number of nitrogens with one attached hydrogen (secondary N) is 1. The van der Waals surface area contributed by atoms with Crippen molar-refractivity contribution in [1.82, 2.24) is 10.2 Å². The molecule has 13 heavy (non-hydrogen) atoms. The Hall–Kier alpha value is -0.310. The molecule has 1 aliphatic carbocycles. The van der Waals surface area contributed by atoms with Gasteiger partial charge in [-0.25, -0.2) is 0 Å². The first-order valence-corrected chi connectivity index (χ1v) is 5.50. The van der Waals surface area contributed by atoms with E-state index in [4.69, 9.17) is 12.2 Å². The number of hydrogen-bond acceptors (Lipinski definition) is 1. The summed E-state index contributed by atoms with van der Waals surface area (Å²) < 4.78 is 0. The van der Waals surface area contributed by atoms with Gasteiger partial charge in [-0.15, -0.1) is 0 Å². The summed E-state index contributed by atoms with van der Waals surface area (Å²) in [6, 6.07) is 0.663. The second-order valence-corrected chi connectivity index (χ2v) is 4.47. The van der Waals surface area contributed by atoms with Crippen LogP contribution in [0.15, 0.2) is 0 Å². The summed E-state index contributed by atoms with van der Waals surface area (Å²) in [6.45, 7) is 2.34. The predicted octanol–water partition coefficient (Wildman–Crippen LogP) is 2.00. The van der Waals surface area contributed by atoms with Gasteiger partial charge >= 0.3 is 0 Å². The van der Waals surface area contributed by atoms with E-state index < -0.39 is 0 Å². The molecule has 1 N–H and O–H groups in total. The van der Waals surface area contributed by atoms with Crippen molar-refractivity contribution in [2.24, 2.45) is 5.92 Å². The number of rotatable bonds is 1. The van der Waals surface area contributed by atoms with Gasteiger partial charge in [0.25, 0.3) is 0 Å². The molecule has 1 aliphatic rings. The third-order valence-electron chi connectivity index (χ3n) is 3.07. The third-order valence-corrected chi connectivity index (χ3v) is 3.56. The second-order valence-electron chi connectivity index (χ2n) is 4.08. The first-order chi connectivity index (χ1) is 6.15. The Morgan fingerprint density at radius 3 is 2.31 bits per heavy atom. The summed E-state index contributed by atoms with van der Waals surface area (Å²) >= 11 is 5.20. The summed E-state index contributed by atoms with van der Waals surface area (Å²) in [5.74, 6) is 0.910. The maximum Gasteiger partial charge on any atom is 0.168 e. The molecule has 0 heterocycles. The normalized spacial score (nSPS) is 28.2. The molecule has 0 aromatic carbocycles. The van der Waals surface area contributed by atoms with Gasteiger partial charge in [0, 0.05) is 20.1 Å². The highest BCUT2D eigenvalue weighted by Crippen LogP contribution is 2.26. The lowest BCUT2D eigenvalue weighted by Crippen LogP contribution is -2.43. The molecule has 0 spiro atoms. The van der Waals surface area contributed by atoms with Crippen molar-refractivity contribution in [3.63, 3.8) is 0 Å². The topological polar surface area (TPSA) is 15.3 Å². The van der Waals surface area contributed by atoms with E-state index in [1.165, 1.54) is 25.7 Å². The van der Waals surface area contributed by atoms with Gasteiger partial charge in [0.1, 0.15) is 0 Å². The average Bonchev–Trinajstić information content (AvgIpc) is 2.17. The first-order valence-electron chi connectivity index (χ1n) is 5.09. The Morgan fingerprint density at radius 2 is 1.85 bits per heavy atom. The summed E-state index contributed by atoms with van der Waals surface area (Å²) in [7, 11) is 3.99. The molecule has 3 heteroatoms. The molecule has 1 rings (SSSR count). The van der Waals surface area contributed by atoms with E-state index in [9.17, 15) is 0 Å². The van der Waals surface area contributed by atoms with Gasteiger partial charge in [0.2, 0.25) is 0 Å². The summed E-state index contributed by atoms with van der Waals surface area (Å²) in [4.78, 5) is 2.21. The number of hydrogen-bond donors (Lipinski definition) is 1. The standard InChI is InChI=1S/C10H20N2S/c1-8-4-6-9(7-5-8)12(3)10(13)11-2/h8-9H,4-7H2,1-3H3,(H,11,13). The quantitative estimate of drug-likeness (QED) is 0.652. The highest BCUT2D eigenvalue weighted by Gasteiger charge is 2.22. The van der Waals surface area contributed by atoms with Gasteiger partial charge in [0.05, 0.1) is 0 Å². The van der Waals surface area contributed by atoms with Gasteiger partial charge in [-0.3, -0.25) is 0 Å². The van der Waals surface area contributed by atoms with Crippen LogP contribution in [0.1, 0.15) is 32.6 Å². The predicted molar refractivity (Wildman–Crippen MR) is 60.8 cm³/mol. The molecular weight excluding hydrogens is 180 g/mol. The monoisotopic (exact) mass is 200 g/mol. The van der Waals surface area contributed by atoms with Crippen molar-refractivity contribution < 1.29 is 0 Å². The summed E-state index contributed by atoms with van der Waals surface area (Å²) in [5, 5.41) is 3.91. The largest absolute Gasteiger partial charge is 0.366 e. The van der Waals surface area contributed by atoms with Gasteiger partial charge in [-0.1, -0.05) is 6.92 Å². The molecule has 2 nitrogen and oxygen atoms in total. The van der Waals surface area contributed by atoms with Crippen LogP contribution in [0.3, 0.4) is 0 Å². The molecule has 1 saturated carbocycles. The fraction of sp³-hybridized carbons (Fsp3) is 0.900. The van der Waals surface area contributed by atoms with E-state index in [0.29, 0.717) is 6.04 Å². The Morgan fingerprint density at radius 1 is 1.31 bits per heavy atom. The second kappa shape index (κ2) is 4.80. The highest BCUT2D eigenvalue weighted by atomic mass is 32.1. The zero-order valence-electron chi connectivity index (χ0n) is 8.84. The minimum Gasteiger partial charge on any atom is -0.366 e. The first kappa shape index (κ1) is 10.8. The average molecular weight is 200 g/mol. The summed E-state index contributed by atoms with van der Waals surface area (Å²) in [5.41, 5.74) is 0. The molecule has 0 bridgehead atoms. The minimum atomic E-state index is 0.663. The summed E-state index contributed by atoms with van der Waals surface area (Å²) in [6.07, 6.45) is 5.28. The Kier molecular flexibility index (Phi) is 3.97. The van der Waals surface area contributed by atoms with Crippen LogP contribution in [-0.4, -0.2) is 30.1 Å². The van der Waals surface area contributed by atoms with Gasteiger partial charge in [-0.05, 0) is 43.8 Å². The number of nitrogens with zero attached hydrogens (tertiary/aromatic N) is 1. The van der Waals surface area contributed by atoms with Gasteiger partial charge in [0.15, 0.2) is 5.11 Å². The molecule has 0 radical (unpaired) electrons. The Bertz CT molecular complexity index is 174. The van der Waals surface area contributed by atoms with Crippen LogP contribution >= 0.6 is 12.2 Å². The molecular formula is C10H20N2S. The lowest BCUT2D eigenvalue weighted by Gasteiger charge is -2.34. The fourth-order valence-electron chi connectivity index (χ4n) is 1.97. The van der Waals surface area contributed by atoms with Crippen molar-refractivity contribution >= 4 is 17.3 Å². The van der Waals surface area contributed by atoms with E-state index in [1.54, 1.807) is 0 Å². The van der Waals surface area contributed by atoms with E-state index in [0.717, 1.165) is 11.0 Å². The van der Waals surface area contributed by atoms with E-state index >= 15 is 0 Å². The molecule has 0 saturated heterocycles. The molecule has 0 aromatic heterocycles. The number of thiocarbonyl (C=S) groups is 1. The zero-order chi connectivity index (χ0) is 9.84. The molecule has 0 unspecified atom stereocenters. The highest BCUT2D eigenvalue weighted by molar-refractivity contribution is 7.80. The Balaban J connectivity index is 2.39. The van der Waals surface area contributed by atoms with E-state index in [-0.39, 0.29) is 0 Å². The maximum atomic E-state index is 5.20. The molecule has 76 valence electrons. The molecule has 1 fully saturated rings. The van der Waals surface area contributed by atoms with Crippen molar-refractivity contribution in [3.8, 4) is 0 Å². The van der Waals surface area contributed by atoms with Crippen LogP contribution in [0.25, 0.3) is 0 Å². The third kappa shape index (κ3) is 2.83. The minimum absolute atomic E-state index is 0.663. The smallest absolute Gasteiger partial charge is 0.168 e. The van der Waals surface area contributed by atoms with E-state index in [2.05, 4.69) is 24.2 Å². The fourth-order valence-corrected chi connectivity index (χ4v) is 2.12. The Labute approximate surface area is 86.7 Å². The van der Waals surface area contributed by atoms with Crippen LogP contribution in [-0.2, 0) is 0 Å². The van der Waals surface area contributed by atoms with Gasteiger partial charge in [-0.2, -0.15) is 0 Å². The van der Waals surface area contributed by atoms with Crippen LogP contribution in [0.2, 0.25) is 0 Å². The van der Waals surface area contributed by atoms with Gasteiger partial charge < -0.3 is 10.2 Å². The van der Waals surface area contributed by atoms with Crippen molar-refractivity contribution in [2.75, 3.05) is 14.1 Å². The zero-order valence-corrected chi connectivity index (χ0v) is 9.66. The molecule has 0 amide bonds. The van der Waals surface area contributed by atoms with Crippen LogP contribution in [0.5, 0.6) is 0 Å². The lowest BCUT2D eigenvalue weighted by atomic mass is 9.87. The van der Waals surface area contributed by atoms with E-state index in [1.807, 2.05) is 7.05 Å². The molecule has 0 atom stereocenters. The van der Waals surface area contributed by atoms with Crippen molar-refractivity contribution in [2.45, 2.75) is 38.6 Å². The maximum absolute atomic E-state index is 5.20.